The Labute approximate surface area is 90.6 Å². The zero-order chi connectivity index (χ0) is 11.4. The molecule has 0 bridgehead atoms. The van der Waals surface area contributed by atoms with Crippen LogP contribution >= 0.6 is 0 Å². The molecule has 78 valence electrons. The predicted molar refractivity (Wildman–Crippen MR) is 51.4 cm³/mol. The highest BCUT2D eigenvalue weighted by molar-refractivity contribution is 5.35. The Hall–Kier alpha value is -2.74. The Morgan fingerprint density at radius 3 is 1.56 bits per heavy atom. The molecule has 0 fully saturated rings. The van der Waals surface area contributed by atoms with E-state index in [-0.39, 0.29) is 0 Å². The van der Waals surface area contributed by atoms with Crippen molar-refractivity contribution in [1.29, 1.82) is 0 Å². The minimum Gasteiger partial charge on any atom is -0.166 e. The maximum Gasteiger partial charge on any atom is 0.248 e. The Morgan fingerprint density at radius 1 is 0.812 bits per heavy atom. The van der Waals surface area contributed by atoms with Crippen LogP contribution in [-0.2, 0) is 14.1 Å². The van der Waals surface area contributed by atoms with Gasteiger partial charge in [-0.15, -0.1) is 10.2 Å². The zero-order valence-corrected chi connectivity index (χ0v) is 8.58. The third-order valence-electron chi connectivity index (χ3n) is 1.43. The lowest BCUT2D eigenvalue weighted by Gasteiger charge is -1.74. The molecule has 0 saturated carbocycles. The van der Waals surface area contributed by atoms with Crippen molar-refractivity contribution < 1.29 is 0 Å². The van der Waals surface area contributed by atoms with E-state index in [0.717, 1.165) is 0 Å². The van der Waals surface area contributed by atoms with Gasteiger partial charge in [-0.05, 0) is 34.1 Å². The van der Waals surface area contributed by atoms with Crippen molar-refractivity contribution in [2.45, 2.75) is 0 Å². The van der Waals surface area contributed by atoms with Gasteiger partial charge in [-0.25, -0.2) is 0 Å². The maximum absolute atomic E-state index is 3.86. The summed E-state index contributed by atoms with van der Waals surface area (Å²) >= 11 is 0. The lowest BCUT2D eigenvalue weighted by atomic mass is 10.5. The summed E-state index contributed by atoms with van der Waals surface area (Å²) in [5.74, 6) is 11.0. The van der Waals surface area contributed by atoms with Gasteiger partial charge in [0.15, 0.2) is 0 Å². The van der Waals surface area contributed by atoms with Crippen LogP contribution in [0.1, 0.15) is 11.6 Å². The average molecular weight is 214 g/mol. The van der Waals surface area contributed by atoms with Gasteiger partial charge in [0.1, 0.15) is 0 Å². The van der Waals surface area contributed by atoms with Crippen LogP contribution in [0.25, 0.3) is 0 Å². The summed E-state index contributed by atoms with van der Waals surface area (Å²) in [4.78, 5) is 2.64. The van der Waals surface area contributed by atoms with Crippen LogP contribution in [0.5, 0.6) is 0 Å². The Morgan fingerprint density at radius 2 is 1.25 bits per heavy atom. The standard InChI is InChI=1S/C8H6N8/c1-15-11-7(9-13-15)5-3-4-6-8-10-14-16(2)12-8/h1-2H3. The first-order valence-electron chi connectivity index (χ1n) is 4.24. The largest absolute Gasteiger partial charge is 0.248 e. The number of tetrazole rings is 2. The molecule has 8 nitrogen and oxygen atoms in total. The quantitative estimate of drug-likeness (QED) is 0.478. The lowest BCUT2D eigenvalue weighted by Crippen LogP contribution is -1.91. The molecule has 0 aliphatic carbocycles. The Balaban J connectivity index is 2.08. The zero-order valence-electron chi connectivity index (χ0n) is 8.58. The maximum atomic E-state index is 3.86. The van der Waals surface area contributed by atoms with Gasteiger partial charge in [-0.1, -0.05) is 10.2 Å². The normalized spacial score (nSPS) is 8.88. The van der Waals surface area contributed by atoms with Crippen molar-refractivity contribution in [3.8, 4) is 23.7 Å². The van der Waals surface area contributed by atoms with Crippen LogP contribution < -0.4 is 0 Å². The van der Waals surface area contributed by atoms with Crippen molar-refractivity contribution in [2.75, 3.05) is 0 Å². The van der Waals surface area contributed by atoms with Crippen LogP contribution in [0.3, 0.4) is 0 Å². The molecule has 16 heavy (non-hydrogen) atoms. The van der Waals surface area contributed by atoms with Crippen LogP contribution in [0.15, 0.2) is 0 Å². The molecule has 0 atom stereocenters. The lowest BCUT2D eigenvalue weighted by molar-refractivity contribution is 0.629. The molecule has 0 spiro atoms. The summed E-state index contributed by atoms with van der Waals surface area (Å²) < 4.78 is 0. The van der Waals surface area contributed by atoms with E-state index in [4.69, 9.17) is 0 Å². The number of nitrogens with zero attached hydrogens (tertiary/aromatic N) is 8. The minimum absolute atomic E-state index is 0.323. The first kappa shape index (κ1) is 9.80. The second kappa shape index (κ2) is 4.19. The van der Waals surface area contributed by atoms with E-state index < -0.39 is 0 Å². The predicted octanol–water partition coefficient (Wildman–Crippen LogP) is -1.86. The summed E-state index contributed by atoms with van der Waals surface area (Å²) in [6.45, 7) is 0. The molecule has 0 aliphatic rings. The van der Waals surface area contributed by atoms with E-state index in [9.17, 15) is 0 Å². The van der Waals surface area contributed by atoms with Crippen LogP contribution in [0, 0.1) is 23.7 Å². The van der Waals surface area contributed by atoms with Crippen LogP contribution in [-0.4, -0.2) is 40.4 Å². The number of hydrogen-bond donors (Lipinski definition) is 0. The van der Waals surface area contributed by atoms with Crippen LogP contribution in [0.4, 0.5) is 0 Å². The van der Waals surface area contributed by atoms with Gasteiger partial charge in [0.2, 0.25) is 11.6 Å². The molecule has 0 radical (unpaired) electrons. The minimum atomic E-state index is 0.323. The molecule has 2 heterocycles. The van der Waals surface area contributed by atoms with Gasteiger partial charge >= 0.3 is 0 Å². The molecule has 0 amide bonds. The Kier molecular flexibility index (Phi) is 2.57. The highest BCUT2D eigenvalue weighted by Gasteiger charge is 1.93. The van der Waals surface area contributed by atoms with E-state index in [1.54, 1.807) is 14.1 Å². The van der Waals surface area contributed by atoms with Gasteiger partial charge in [-0.2, -0.15) is 9.59 Å². The van der Waals surface area contributed by atoms with Gasteiger partial charge in [0.05, 0.1) is 14.1 Å². The third-order valence-corrected chi connectivity index (χ3v) is 1.43. The monoisotopic (exact) mass is 214 g/mol. The van der Waals surface area contributed by atoms with Crippen LogP contribution in [0.2, 0.25) is 0 Å². The summed E-state index contributed by atoms with van der Waals surface area (Å²) in [6.07, 6.45) is 0. The van der Waals surface area contributed by atoms with Crippen molar-refractivity contribution in [3.63, 3.8) is 0 Å². The van der Waals surface area contributed by atoms with E-state index in [2.05, 4.69) is 54.5 Å². The SMILES string of the molecule is Cn1nnc(C#CC#Cc2nnn(C)n2)n1. The van der Waals surface area contributed by atoms with Crippen molar-refractivity contribution in [3.05, 3.63) is 11.6 Å². The first-order valence-corrected chi connectivity index (χ1v) is 4.24. The topological polar surface area (TPSA) is 87.2 Å². The molecule has 0 aromatic carbocycles. The number of aryl methyl sites for hydroxylation is 2. The highest BCUT2D eigenvalue weighted by Crippen LogP contribution is 1.80. The average Bonchev–Trinajstić information content (AvgIpc) is 2.83. The molecule has 0 N–H and O–H groups in total. The Bertz CT molecular complexity index is 557. The summed E-state index contributed by atoms with van der Waals surface area (Å²) in [7, 11) is 3.32. The number of hydrogen-bond acceptors (Lipinski definition) is 6. The number of rotatable bonds is 0. The molecule has 2 aromatic heterocycles. The fourth-order valence-corrected chi connectivity index (χ4v) is 0.843. The summed E-state index contributed by atoms with van der Waals surface area (Å²) in [5.41, 5.74) is 0. The van der Waals surface area contributed by atoms with E-state index in [1.807, 2.05) is 0 Å². The first-order chi connectivity index (χ1) is 7.74. The van der Waals surface area contributed by atoms with Crippen molar-refractivity contribution in [1.82, 2.24) is 40.4 Å². The fraction of sp³-hybridized carbons (Fsp3) is 0.250. The van der Waals surface area contributed by atoms with Gasteiger partial charge in [0.25, 0.3) is 0 Å². The second-order valence-electron chi connectivity index (χ2n) is 2.70. The number of aromatic nitrogens is 8. The second-order valence-corrected chi connectivity index (χ2v) is 2.70. The van der Waals surface area contributed by atoms with E-state index in [0.29, 0.717) is 11.6 Å². The van der Waals surface area contributed by atoms with E-state index in [1.165, 1.54) is 9.59 Å². The van der Waals surface area contributed by atoms with Gasteiger partial charge < -0.3 is 0 Å². The smallest absolute Gasteiger partial charge is 0.166 e. The molecule has 2 rings (SSSR count). The fourth-order valence-electron chi connectivity index (χ4n) is 0.843. The molecule has 2 aromatic rings. The summed E-state index contributed by atoms with van der Waals surface area (Å²) in [6, 6.07) is 0. The molecule has 0 unspecified atom stereocenters. The molecular formula is C8H6N8. The molecule has 0 aliphatic heterocycles. The molecule has 0 saturated heterocycles. The van der Waals surface area contributed by atoms with Crippen molar-refractivity contribution in [2.24, 2.45) is 14.1 Å². The van der Waals surface area contributed by atoms with E-state index >= 15 is 0 Å². The van der Waals surface area contributed by atoms with Gasteiger partial charge in [-0.3, -0.25) is 0 Å². The third kappa shape index (κ3) is 2.39. The molecular weight excluding hydrogens is 208 g/mol. The van der Waals surface area contributed by atoms with Crippen molar-refractivity contribution >= 4 is 0 Å². The van der Waals surface area contributed by atoms with Gasteiger partial charge in [0, 0.05) is 0 Å². The highest BCUT2D eigenvalue weighted by atomic mass is 15.6. The molecule has 8 heteroatoms. The summed E-state index contributed by atoms with van der Waals surface area (Å²) in [5, 5.41) is 22.3.